The van der Waals surface area contributed by atoms with Crippen molar-refractivity contribution < 1.29 is 4.79 Å². The lowest BCUT2D eigenvalue weighted by atomic mass is 10.0. The van der Waals surface area contributed by atoms with Gasteiger partial charge in [-0.15, -0.1) is 0 Å². The monoisotopic (exact) mass is 323 g/mol. The summed E-state index contributed by atoms with van der Waals surface area (Å²) in [6.07, 6.45) is 17.6. The van der Waals surface area contributed by atoms with Gasteiger partial charge in [-0.3, -0.25) is 4.79 Å². The van der Waals surface area contributed by atoms with Crippen LogP contribution in [0.4, 0.5) is 0 Å². The maximum atomic E-state index is 12.0. The van der Waals surface area contributed by atoms with E-state index in [0.29, 0.717) is 11.9 Å². The number of hydrogen-bond donors (Lipinski definition) is 0. The highest BCUT2D eigenvalue weighted by atomic mass is 16.2. The molecule has 0 radical (unpaired) electrons. The summed E-state index contributed by atoms with van der Waals surface area (Å²) in [5.74, 6) is 0.317. The Hall–Kier alpha value is -1.05. The third-order valence-electron chi connectivity index (χ3n) is 3.62. The number of hydrogen-bond acceptors (Lipinski definition) is 1. The first kappa shape index (κ1) is 24.2. The minimum absolute atomic E-state index is 0.317. The van der Waals surface area contributed by atoms with Gasteiger partial charge in [-0.2, -0.15) is 0 Å². The smallest absolute Gasteiger partial charge is 0.223 e. The summed E-state index contributed by atoms with van der Waals surface area (Å²) in [5.41, 5.74) is 0. The molecule has 0 bridgehead atoms. The molecule has 0 saturated carbocycles. The Kier molecular flexibility index (Phi) is 20.0. The van der Waals surface area contributed by atoms with Gasteiger partial charge in [0.25, 0.3) is 0 Å². The fourth-order valence-electron chi connectivity index (χ4n) is 2.43. The van der Waals surface area contributed by atoms with Crippen LogP contribution in [0, 0.1) is 0 Å². The molecule has 0 unspecified atom stereocenters. The highest BCUT2D eigenvalue weighted by Crippen LogP contribution is 2.19. The van der Waals surface area contributed by atoms with Gasteiger partial charge in [-0.25, -0.2) is 0 Å². The summed E-state index contributed by atoms with van der Waals surface area (Å²) >= 11 is 0. The van der Waals surface area contributed by atoms with Crippen LogP contribution in [0.5, 0.6) is 0 Å². The van der Waals surface area contributed by atoms with E-state index in [9.17, 15) is 4.79 Å². The molecular weight excluding hydrogens is 282 g/mol. The molecule has 1 saturated heterocycles. The van der Waals surface area contributed by atoms with E-state index in [4.69, 9.17) is 0 Å². The molecule has 2 heteroatoms. The van der Waals surface area contributed by atoms with Crippen LogP contribution in [0.3, 0.4) is 0 Å². The van der Waals surface area contributed by atoms with Crippen LogP contribution in [-0.2, 0) is 4.79 Å². The van der Waals surface area contributed by atoms with Crippen LogP contribution in [0.15, 0.2) is 24.3 Å². The topological polar surface area (TPSA) is 20.3 Å². The zero-order valence-electron chi connectivity index (χ0n) is 16.6. The Balaban J connectivity index is 0. The average Bonchev–Trinajstić information content (AvgIpc) is 2.60. The Morgan fingerprint density at radius 2 is 1.70 bits per heavy atom. The zero-order chi connectivity index (χ0) is 17.9. The Morgan fingerprint density at radius 3 is 2.30 bits per heavy atom. The average molecular weight is 324 g/mol. The van der Waals surface area contributed by atoms with E-state index in [1.165, 1.54) is 19.3 Å². The lowest BCUT2D eigenvalue weighted by molar-refractivity contribution is -0.134. The van der Waals surface area contributed by atoms with Crippen LogP contribution in [0.25, 0.3) is 0 Å². The first-order valence-electron chi connectivity index (χ1n) is 9.90. The van der Waals surface area contributed by atoms with Crippen molar-refractivity contribution in [2.45, 2.75) is 99.0 Å². The summed E-state index contributed by atoms with van der Waals surface area (Å²) in [6, 6.07) is 0.323. The van der Waals surface area contributed by atoms with Gasteiger partial charge in [-0.05, 0) is 25.7 Å². The van der Waals surface area contributed by atoms with Gasteiger partial charge in [0.2, 0.25) is 5.91 Å². The molecular formula is C21H41NO. The number of nitrogens with zero attached hydrogens (tertiary/aromatic N) is 1. The number of carbonyl (C=O) groups excluding carboxylic acids is 1. The molecule has 0 aromatic carbocycles. The summed E-state index contributed by atoms with van der Waals surface area (Å²) in [7, 11) is 0. The quantitative estimate of drug-likeness (QED) is 0.367. The van der Waals surface area contributed by atoms with Crippen molar-refractivity contribution >= 4 is 5.91 Å². The van der Waals surface area contributed by atoms with E-state index in [1.54, 1.807) is 0 Å². The summed E-state index contributed by atoms with van der Waals surface area (Å²) in [5, 5.41) is 0. The van der Waals surface area contributed by atoms with Crippen molar-refractivity contribution in [1.29, 1.82) is 0 Å². The van der Waals surface area contributed by atoms with Crippen LogP contribution >= 0.6 is 0 Å². The first-order valence-corrected chi connectivity index (χ1v) is 9.90. The van der Waals surface area contributed by atoms with Crippen molar-refractivity contribution in [2.75, 3.05) is 6.54 Å². The molecule has 1 aliphatic heterocycles. The fraction of sp³-hybridized carbons (Fsp3) is 0.762. The highest BCUT2D eigenvalue weighted by molar-refractivity contribution is 5.77. The van der Waals surface area contributed by atoms with Gasteiger partial charge in [0.15, 0.2) is 0 Å². The maximum Gasteiger partial charge on any atom is 0.223 e. The van der Waals surface area contributed by atoms with Gasteiger partial charge in [0.05, 0.1) is 6.04 Å². The minimum Gasteiger partial charge on any atom is -0.333 e. The molecule has 1 amide bonds. The van der Waals surface area contributed by atoms with Gasteiger partial charge in [0, 0.05) is 13.0 Å². The van der Waals surface area contributed by atoms with Gasteiger partial charge >= 0.3 is 0 Å². The van der Waals surface area contributed by atoms with Crippen LogP contribution in [-0.4, -0.2) is 23.4 Å². The molecule has 0 aromatic rings. The molecule has 2 nitrogen and oxygen atoms in total. The van der Waals surface area contributed by atoms with Crippen molar-refractivity contribution in [3.63, 3.8) is 0 Å². The number of carbonyl (C=O) groups is 1. The molecule has 1 fully saturated rings. The minimum atomic E-state index is 0.317. The molecule has 1 aliphatic rings. The van der Waals surface area contributed by atoms with Crippen LogP contribution in [0.2, 0.25) is 0 Å². The highest BCUT2D eigenvalue weighted by Gasteiger charge is 2.24. The molecule has 0 aliphatic carbocycles. The number of likely N-dealkylation sites (tertiary alicyclic amines) is 1. The molecule has 1 heterocycles. The van der Waals surface area contributed by atoms with E-state index in [-0.39, 0.29) is 0 Å². The van der Waals surface area contributed by atoms with E-state index < -0.39 is 0 Å². The fourth-order valence-corrected chi connectivity index (χ4v) is 2.43. The van der Waals surface area contributed by atoms with Crippen molar-refractivity contribution in [3.05, 3.63) is 24.3 Å². The largest absolute Gasteiger partial charge is 0.333 e. The Bertz CT molecular complexity index is 307. The summed E-state index contributed by atoms with van der Waals surface area (Å²) < 4.78 is 0. The van der Waals surface area contributed by atoms with E-state index in [1.807, 2.05) is 32.6 Å². The first-order chi connectivity index (χ1) is 11.3. The lowest BCUT2D eigenvalue weighted by Crippen LogP contribution is -2.42. The standard InChI is InChI=1S/C17H29NO.2C2H6/c1-3-5-7-8-10-15-18-16(12-9-6-4-2)13-11-14-17(18)19;2*1-2/h8-10,12,16H,3-7,11,13-15H2,1-2H3;2*1-2H3/t16-;;/m0../s1. The van der Waals surface area contributed by atoms with Crippen molar-refractivity contribution in [1.82, 2.24) is 4.90 Å². The Morgan fingerprint density at radius 1 is 1.00 bits per heavy atom. The summed E-state index contributed by atoms with van der Waals surface area (Å²) in [6.45, 7) is 13.2. The third-order valence-corrected chi connectivity index (χ3v) is 3.62. The molecule has 0 aromatic heterocycles. The zero-order valence-corrected chi connectivity index (χ0v) is 16.6. The van der Waals surface area contributed by atoms with Crippen molar-refractivity contribution in [2.24, 2.45) is 0 Å². The second kappa shape index (κ2) is 19.0. The third kappa shape index (κ3) is 12.1. The Labute approximate surface area is 146 Å². The molecule has 136 valence electrons. The number of amides is 1. The van der Waals surface area contributed by atoms with Crippen LogP contribution in [0.1, 0.15) is 92.9 Å². The van der Waals surface area contributed by atoms with Gasteiger partial charge in [0.1, 0.15) is 0 Å². The molecule has 23 heavy (non-hydrogen) atoms. The van der Waals surface area contributed by atoms with Crippen LogP contribution < -0.4 is 0 Å². The van der Waals surface area contributed by atoms with E-state index in [0.717, 1.165) is 38.6 Å². The van der Waals surface area contributed by atoms with E-state index >= 15 is 0 Å². The van der Waals surface area contributed by atoms with Gasteiger partial charge in [-0.1, -0.05) is 85.1 Å². The predicted molar refractivity (Wildman–Crippen MR) is 105 cm³/mol. The van der Waals surface area contributed by atoms with Gasteiger partial charge < -0.3 is 4.90 Å². The second-order valence-electron chi connectivity index (χ2n) is 5.34. The number of unbranched alkanes of at least 4 members (excludes halogenated alkanes) is 3. The van der Waals surface area contributed by atoms with Crippen molar-refractivity contribution in [3.8, 4) is 0 Å². The molecule has 1 rings (SSSR count). The molecule has 0 N–H and O–H groups in total. The predicted octanol–water partition coefficient (Wildman–Crippen LogP) is 6.52. The van der Waals surface area contributed by atoms with E-state index in [2.05, 4.69) is 38.2 Å². The molecule has 0 spiro atoms. The number of allylic oxidation sites excluding steroid dienone is 2. The SMILES string of the molecule is CC.CC.CCCC=C[C@H]1CCCC(=O)N1CC=CCCCC. The number of rotatable bonds is 8. The second-order valence-corrected chi connectivity index (χ2v) is 5.34. The maximum absolute atomic E-state index is 12.0. The normalized spacial score (nSPS) is 17.7. The number of piperidine rings is 1. The lowest BCUT2D eigenvalue weighted by Gasteiger charge is -2.33. The summed E-state index contributed by atoms with van der Waals surface area (Å²) in [4.78, 5) is 14.1. The molecule has 1 atom stereocenters.